The van der Waals surface area contributed by atoms with Crippen LogP contribution in [0.15, 0.2) is 53.5 Å². The monoisotopic (exact) mass is 307 g/mol. The molecule has 0 amide bonds. The Morgan fingerprint density at radius 1 is 1.22 bits per heavy atom. The SMILES string of the molecule is Cc1cccn2c(=O)cc(CN3CCOc4ccccc43)nc12. The quantitative estimate of drug-likeness (QED) is 0.729. The van der Waals surface area contributed by atoms with Crippen LogP contribution >= 0.6 is 0 Å². The van der Waals surface area contributed by atoms with Crippen molar-refractivity contribution in [3.05, 3.63) is 70.3 Å². The van der Waals surface area contributed by atoms with Crippen LogP contribution in [0.3, 0.4) is 0 Å². The van der Waals surface area contributed by atoms with Crippen molar-refractivity contribution in [2.24, 2.45) is 0 Å². The topological polar surface area (TPSA) is 46.8 Å². The van der Waals surface area contributed by atoms with Gasteiger partial charge in [0.25, 0.3) is 5.56 Å². The molecule has 0 spiro atoms. The highest BCUT2D eigenvalue weighted by Gasteiger charge is 2.18. The van der Waals surface area contributed by atoms with Crippen molar-refractivity contribution in [3.63, 3.8) is 0 Å². The van der Waals surface area contributed by atoms with Gasteiger partial charge in [-0.1, -0.05) is 18.2 Å². The van der Waals surface area contributed by atoms with Crippen LogP contribution in [-0.4, -0.2) is 22.5 Å². The summed E-state index contributed by atoms with van der Waals surface area (Å²) in [5.74, 6) is 0.882. The van der Waals surface area contributed by atoms with Gasteiger partial charge in [-0.05, 0) is 30.7 Å². The number of pyridine rings is 1. The number of benzene rings is 1. The average Bonchev–Trinajstić information content (AvgIpc) is 2.56. The average molecular weight is 307 g/mol. The first-order valence-electron chi connectivity index (χ1n) is 7.67. The minimum absolute atomic E-state index is 0.0461. The summed E-state index contributed by atoms with van der Waals surface area (Å²) in [6.45, 7) is 3.99. The van der Waals surface area contributed by atoms with Crippen molar-refractivity contribution in [3.8, 4) is 5.75 Å². The number of para-hydroxylation sites is 2. The van der Waals surface area contributed by atoms with E-state index in [2.05, 4.69) is 9.88 Å². The Kier molecular flexibility index (Phi) is 3.26. The molecule has 0 aliphatic carbocycles. The van der Waals surface area contributed by atoms with Crippen LogP contribution in [0.25, 0.3) is 5.65 Å². The highest BCUT2D eigenvalue weighted by atomic mass is 16.5. The largest absolute Gasteiger partial charge is 0.490 e. The molecule has 3 heterocycles. The third-order valence-corrected chi connectivity index (χ3v) is 4.12. The summed E-state index contributed by atoms with van der Waals surface area (Å²) in [6, 6.07) is 13.4. The van der Waals surface area contributed by atoms with Crippen LogP contribution in [0, 0.1) is 6.92 Å². The molecule has 116 valence electrons. The molecule has 5 nitrogen and oxygen atoms in total. The number of anilines is 1. The van der Waals surface area contributed by atoms with E-state index >= 15 is 0 Å². The van der Waals surface area contributed by atoms with E-state index in [1.54, 1.807) is 16.7 Å². The van der Waals surface area contributed by atoms with Gasteiger partial charge < -0.3 is 9.64 Å². The Balaban J connectivity index is 1.74. The second kappa shape index (κ2) is 5.43. The molecule has 0 radical (unpaired) electrons. The number of aromatic nitrogens is 2. The molecule has 5 heteroatoms. The number of hydrogen-bond donors (Lipinski definition) is 0. The zero-order valence-electron chi connectivity index (χ0n) is 12.9. The zero-order chi connectivity index (χ0) is 15.8. The summed E-state index contributed by atoms with van der Waals surface area (Å²) in [4.78, 5) is 19.2. The fourth-order valence-corrected chi connectivity index (χ4v) is 2.98. The molecule has 0 atom stereocenters. The molecular weight excluding hydrogens is 290 g/mol. The maximum atomic E-state index is 12.3. The van der Waals surface area contributed by atoms with E-state index in [1.165, 1.54) is 0 Å². The van der Waals surface area contributed by atoms with Gasteiger partial charge in [0.1, 0.15) is 18.0 Å². The Morgan fingerprint density at radius 3 is 3.00 bits per heavy atom. The number of nitrogens with zero attached hydrogens (tertiary/aromatic N) is 3. The highest BCUT2D eigenvalue weighted by molar-refractivity contribution is 5.60. The Bertz CT molecular complexity index is 933. The fraction of sp³-hybridized carbons (Fsp3) is 0.222. The van der Waals surface area contributed by atoms with E-state index < -0.39 is 0 Å². The van der Waals surface area contributed by atoms with Crippen molar-refractivity contribution in [1.82, 2.24) is 9.38 Å². The number of ether oxygens (including phenoxy) is 1. The summed E-state index contributed by atoms with van der Waals surface area (Å²) in [6.07, 6.45) is 1.76. The van der Waals surface area contributed by atoms with E-state index in [0.717, 1.165) is 34.9 Å². The molecule has 1 aromatic carbocycles. The van der Waals surface area contributed by atoms with Gasteiger partial charge in [0.05, 0.1) is 24.5 Å². The summed E-state index contributed by atoms with van der Waals surface area (Å²) < 4.78 is 7.27. The fourth-order valence-electron chi connectivity index (χ4n) is 2.98. The Labute approximate surface area is 133 Å². The smallest absolute Gasteiger partial charge is 0.258 e. The number of hydrogen-bond acceptors (Lipinski definition) is 4. The lowest BCUT2D eigenvalue weighted by atomic mass is 10.2. The standard InChI is InChI=1S/C18H17N3O2/c1-13-5-4-8-21-17(22)11-14(19-18(13)21)12-20-9-10-23-16-7-3-2-6-15(16)20/h2-8,11H,9-10,12H2,1H3. The molecule has 3 aromatic rings. The van der Waals surface area contributed by atoms with Crippen LogP contribution in [0.1, 0.15) is 11.3 Å². The molecule has 1 aliphatic heterocycles. The second-order valence-electron chi connectivity index (χ2n) is 5.71. The molecular formula is C18H17N3O2. The lowest BCUT2D eigenvalue weighted by Gasteiger charge is -2.30. The van der Waals surface area contributed by atoms with E-state index in [4.69, 9.17) is 4.74 Å². The maximum absolute atomic E-state index is 12.3. The van der Waals surface area contributed by atoms with Gasteiger partial charge in [0.15, 0.2) is 0 Å². The van der Waals surface area contributed by atoms with Crippen LogP contribution in [0.2, 0.25) is 0 Å². The van der Waals surface area contributed by atoms with Crippen molar-refractivity contribution < 1.29 is 4.74 Å². The normalized spacial score (nSPS) is 13.7. The van der Waals surface area contributed by atoms with Gasteiger partial charge in [0.2, 0.25) is 0 Å². The molecule has 2 aromatic heterocycles. The van der Waals surface area contributed by atoms with Crippen molar-refractivity contribution in [2.75, 3.05) is 18.1 Å². The predicted molar refractivity (Wildman–Crippen MR) is 89.2 cm³/mol. The lowest BCUT2D eigenvalue weighted by molar-refractivity contribution is 0.306. The molecule has 23 heavy (non-hydrogen) atoms. The molecule has 0 N–H and O–H groups in total. The molecule has 0 saturated heterocycles. The second-order valence-corrected chi connectivity index (χ2v) is 5.71. The van der Waals surface area contributed by atoms with Gasteiger partial charge in [-0.2, -0.15) is 0 Å². The predicted octanol–water partition coefficient (Wildman–Crippen LogP) is 2.40. The van der Waals surface area contributed by atoms with Crippen LogP contribution in [0.5, 0.6) is 5.75 Å². The first-order valence-corrected chi connectivity index (χ1v) is 7.67. The summed E-state index contributed by atoms with van der Waals surface area (Å²) in [7, 11) is 0. The Morgan fingerprint density at radius 2 is 2.09 bits per heavy atom. The van der Waals surface area contributed by atoms with Gasteiger partial charge in [-0.15, -0.1) is 0 Å². The van der Waals surface area contributed by atoms with Crippen LogP contribution in [-0.2, 0) is 6.54 Å². The number of aryl methyl sites for hydroxylation is 1. The minimum Gasteiger partial charge on any atom is -0.490 e. The first-order chi connectivity index (χ1) is 11.2. The van der Waals surface area contributed by atoms with Gasteiger partial charge in [0, 0.05) is 12.3 Å². The third-order valence-electron chi connectivity index (χ3n) is 4.12. The van der Waals surface area contributed by atoms with Gasteiger partial charge >= 0.3 is 0 Å². The summed E-state index contributed by atoms with van der Waals surface area (Å²) in [5.41, 5.74) is 3.49. The molecule has 4 rings (SSSR count). The molecule has 0 saturated carbocycles. The third kappa shape index (κ3) is 2.44. The van der Waals surface area contributed by atoms with Crippen molar-refractivity contribution in [1.29, 1.82) is 0 Å². The summed E-state index contributed by atoms with van der Waals surface area (Å²) >= 11 is 0. The minimum atomic E-state index is -0.0461. The van der Waals surface area contributed by atoms with Crippen LogP contribution in [0.4, 0.5) is 5.69 Å². The van der Waals surface area contributed by atoms with E-state index in [0.29, 0.717) is 13.2 Å². The lowest BCUT2D eigenvalue weighted by Crippen LogP contribution is -2.33. The first kappa shape index (κ1) is 13.8. The van der Waals surface area contributed by atoms with E-state index in [1.807, 2.05) is 43.3 Å². The maximum Gasteiger partial charge on any atom is 0.258 e. The zero-order valence-corrected chi connectivity index (χ0v) is 12.9. The van der Waals surface area contributed by atoms with Crippen LogP contribution < -0.4 is 15.2 Å². The van der Waals surface area contributed by atoms with Crippen molar-refractivity contribution in [2.45, 2.75) is 13.5 Å². The van der Waals surface area contributed by atoms with E-state index in [-0.39, 0.29) is 5.56 Å². The molecule has 0 fully saturated rings. The summed E-state index contributed by atoms with van der Waals surface area (Å²) in [5, 5.41) is 0. The number of fused-ring (bicyclic) bond motifs is 2. The van der Waals surface area contributed by atoms with E-state index in [9.17, 15) is 4.79 Å². The number of rotatable bonds is 2. The highest BCUT2D eigenvalue weighted by Crippen LogP contribution is 2.31. The molecule has 0 unspecified atom stereocenters. The molecule has 0 bridgehead atoms. The Hall–Kier alpha value is -2.82. The van der Waals surface area contributed by atoms with Gasteiger partial charge in [-0.25, -0.2) is 4.98 Å². The van der Waals surface area contributed by atoms with Gasteiger partial charge in [-0.3, -0.25) is 9.20 Å². The van der Waals surface area contributed by atoms with Crippen molar-refractivity contribution >= 4 is 11.3 Å². The molecule has 1 aliphatic rings.